The van der Waals surface area contributed by atoms with Gasteiger partial charge in [0, 0.05) is 0 Å². The molecule has 8 rings (SSSR count). The Morgan fingerprint density at radius 1 is 0.491 bits per heavy atom. The molecule has 4 aliphatic rings. The van der Waals surface area contributed by atoms with Crippen LogP contribution in [0.1, 0.15) is 154 Å². The van der Waals surface area contributed by atoms with Crippen LogP contribution in [0.5, 0.6) is 0 Å². The molecule has 2 atom stereocenters. The van der Waals surface area contributed by atoms with Gasteiger partial charge in [0.15, 0.2) is 0 Å². The Morgan fingerprint density at radius 3 is 1.11 bits per heavy atom. The van der Waals surface area contributed by atoms with E-state index in [9.17, 15) is 0 Å². The van der Waals surface area contributed by atoms with Crippen LogP contribution in [0.4, 0.5) is 0 Å². The third-order valence-electron chi connectivity index (χ3n) is 13.9. The van der Waals surface area contributed by atoms with Crippen molar-refractivity contribution in [3.05, 3.63) is 128 Å². The molecular weight excluding hydrogens is 803 g/mol. The van der Waals surface area contributed by atoms with Gasteiger partial charge in [0.05, 0.1) is 0 Å². The van der Waals surface area contributed by atoms with Gasteiger partial charge in [-0.05, 0) is 0 Å². The molecule has 276 valence electrons. The molecule has 53 heavy (non-hydrogen) atoms. The van der Waals surface area contributed by atoms with E-state index in [4.69, 9.17) is 0 Å². The summed E-state index contributed by atoms with van der Waals surface area (Å²) in [7, 11) is 0. The molecule has 3 aliphatic carbocycles. The molecule has 0 amide bonds. The summed E-state index contributed by atoms with van der Waals surface area (Å²) in [5.74, 6) is 0. The maximum atomic E-state index is 2.81. The Hall–Kier alpha value is -2.77. The molecule has 1 spiro atoms. The van der Waals surface area contributed by atoms with Crippen LogP contribution in [-0.4, -0.2) is 0 Å². The van der Waals surface area contributed by atoms with Crippen molar-refractivity contribution < 1.29 is 20.0 Å². The summed E-state index contributed by atoms with van der Waals surface area (Å²) in [6, 6.07) is 29.7. The molecule has 0 N–H and O–H groups in total. The van der Waals surface area contributed by atoms with Gasteiger partial charge in [-0.2, -0.15) is 0 Å². The van der Waals surface area contributed by atoms with Gasteiger partial charge in [-0.15, -0.1) is 0 Å². The van der Waals surface area contributed by atoms with Gasteiger partial charge in [-0.1, -0.05) is 0 Å². The summed E-state index contributed by atoms with van der Waals surface area (Å²) in [5, 5.41) is 0. The van der Waals surface area contributed by atoms with Gasteiger partial charge in [0.25, 0.3) is 0 Å². The van der Waals surface area contributed by atoms with Crippen molar-refractivity contribution in [2.24, 2.45) is 5.41 Å². The second kappa shape index (κ2) is 11.9. The van der Waals surface area contributed by atoms with Crippen molar-refractivity contribution in [2.45, 2.75) is 141 Å². The van der Waals surface area contributed by atoms with Crippen LogP contribution in [0.15, 0.2) is 83.9 Å². The molecule has 0 nitrogen and oxygen atoms in total. The van der Waals surface area contributed by atoms with Crippen molar-refractivity contribution in [1.82, 2.24) is 0 Å². The van der Waals surface area contributed by atoms with Crippen molar-refractivity contribution in [2.75, 3.05) is 0 Å². The minimum atomic E-state index is -3.17. The average molecular weight is 868 g/mol. The molecule has 4 aromatic carbocycles. The summed E-state index contributed by atoms with van der Waals surface area (Å²) >= 11 is -3.17. The first-order chi connectivity index (χ1) is 24.5. The third kappa shape index (κ3) is 5.83. The zero-order chi connectivity index (χ0) is 38.3. The SMILES string of the molecule is CC(C)(C)c1cc(-c2cccc3c2C=C2[CH]3[Hf]([CH3])([CH3])[CH]3C(=Cc4c(-c5cc(C(C)(C)C)cc(C(C)(C)C)c5)cccc43)C23CCC3)cc(C(C)(C)C)c1. The van der Waals surface area contributed by atoms with E-state index in [2.05, 4.69) is 177 Å². The normalized spacial score (nSPS) is 21.3. The van der Waals surface area contributed by atoms with Gasteiger partial charge in [0.1, 0.15) is 0 Å². The molecule has 1 saturated carbocycles. The number of rotatable bonds is 2. The third-order valence-corrected chi connectivity index (χ3v) is 29.0. The Morgan fingerprint density at radius 2 is 0.830 bits per heavy atom. The van der Waals surface area contributed by atoms with Gasteiger partial charge >= 0.3 is 329 Å². The van der Waals surface area contributed by atoms with Crippen LogP contribution in [0.2, 0.25) is 9.36 Å². The Bertz CT molecular complexity index is 2000. The summed E-state index contributed by atoms with van der Waals surface area (Å²) in [5.41, 5.74) is 21.9. The number of hydrogen-bond acceptors (Lipinski definition) is 0. The van der Waals surface area contributed by atoms with E-state index in [0.29, 0.717) is 7.35 Å². The molecule has 1 heterocycles. The van der Waals surface area contributed by atoms with Crippen molar-refractivity contribution in [1.29, 1.82) is 0 Å². The average Bonchev–Trinajstić information content (AvgIpc) is 3.63. The van der Waals surface area contributed by atoms with E-state index in [0.717, 1.165) is 0 Å². The van der Waals surface area contributed by atoms with Crippen LogP contribution in [0, 0.1) is 5.41 Å². The van der Waals surface area contributed by atoms with Gasteiger partial charge < -0.3 is 0 Å². The fourth-order valence-electron chi connectivity index (χ4n) is 10.5. The Labute approximate surface area is 326 Å². The van der Waals surface area contributed by atoms with E-state index in [-0.39, 0.29) is 27.1 Å². The second-order valence-corrected chi connectivity index (χ2v) is 39.3. The first-order valence-electron chi connectivity index (χ1n) is 20.5. The monoisotopic (exact) mass is 868 g/mol. The van der Waals surface area contributed by atoms with Gasteiger partial charge in [-0.3, -0.25) is 0 Å². The van der Waals surface area contributed by atoms with E-state index < -0.39 is 20.0 Å². The maximum absolute atomic E-state index is 3.17. The van der Waals surface area contributed by atoms with Crippen LogP contribution in [0.25, 0.3) is 34.4 Å². The Kier molecular flexibility index (Phi) is 8.32. The van der Waals surface area contributed by atoms with E-state index in [1.807, 2.05) is 0 Å². The van der Waals surface area contributed by atoms with Crippen molar-refractivity contribution >= 4 is 12.2 Å². The molecule has 2 fully saturated rings. The van der Waals surface area contributed by atoms with Crippen LogP contribution >= 0.6 is 0 Å². The standard InChI is InChI=1S/C50H58.2CH3.Hf/c1-46(2,3)36-24-34(25-37(28-36)47(4,5)6)42-18-13-16-32-22-40(30-44(32)42)50(20-15-21-50)41-23-33-17-14-19-43(45(33)31-41)35-26-38(48(7,8)9)29-39(27-35)49(10,11)12;;;/h13-14,16-19,22-31H,15,20-21H2,1-12H3;2*1H3;. The molecule has 2 unspecified atom stereocenters. The molecule has 0 radical (unpaired) electrons. The molecule has 0 aromatic heterocycles. The number of fused-ring (bicyclic) bond motifs is 8. The first-order valence-corrected chi connectivity index (χ1v) is 31.9. The van der Waals surface area contributed by atoms with Gasteiger partial charge in [-0.25, -0.2) is 0 Å². The fourth-order valence-corrected chi connectivity index (χ4v) is 27.6. The van der Waals surface area contributed by atoms with E-state index in [1.165, 1.54) is 74.9 Å². The summed E-state index contributed by atoms with van der Waals surface area (Å²) in [4.78, 5) is 0. The van der Waals surface area contributed by atoms with Gasteiger partial charge in [0.2, 0.25) is 0 Å². The second-order valence-electron chi connectivity index (χ2n) is 22.0. The zero-order valence-electron chi connectivity index (χ0n) is 35.4. The molecule has 1 aliphatic heterocycles. The molecule has 0 bridgehead atoms. The Balaban J connectivity index is 1.31. The molecule has 1 saturated heterocycles. The zero-order valence-corrected chi connectivity index (χ0v) is 39.0. The summed E-state index contributed by atoms with van der Waals surface area (Å²) in [6.45, 7) is 28.4. The number of benzene rings is 4. The van der Waals surface area contributed by atoms with E-state index in [1.54, 1.807) is 22.3 Å². The topological polar surface area (TPSA) is 0 Å². The van der Waals surface area contributed by atoms with Crippen LogP contribution < -0.4 is 0 Å². The summed E-state index contributed by atoms with van der Waals surface area (Å²) in [6.07, 6.45) is 9.44. The predicted molar refractivity (Wildman–Crippen MR) is 228 cm³/mol. The minimum absolute atomic E-state index is 0.0913. The fraction of sp³-hybridized carbons (Fsp3) is 0.462. The molecule has 4 aromatic rings. The number of hydrogen-bond donors (Lipinski definition) is 0. The van der Waals surface area contributed by atoms with Crippen LogP contribution in [0.3, 0.4) is 0 Å². The van der Waals surface area contributed by atoms with Crippen LogP contribution in [-0.2, 0) is 41.6 Å². The summed E-state index contributed by atoms with van der Waals surface area (Å²) < 4.78 is 6.88. The number of allylic oxidation sites excluding steroid dienone is 2. The van der Waals surface area contributed by atoms with Crippen molar-refractivity contribution in [3.8, 4) is 22.3 Å². The first kappa shape index (κ1) is 37.2. The van der Waals surface area contributed by atoms with E-state index >= 15 is 0 Å². The molecule has 1 heteroatoms. The predicted octanol–water partition coefficient (Wildman–Crippen LogP) is 15.2. The molecular formula is C52H64Hf. The van der Waals surface area contributed by atoms with Crippen molar-refractivity contribution in [3.63, 3.8) is 0 Å². The quantitative estimate of drug-likeness (QED) is 0.176.